The molecule has 5 nitrogen and oxygen atoms in total. The summed E-state index contributed by atoms with van der Waals surface area (Å²) in [5, 5.41) is 10.1. The molecule has 0 aliphatic carbocycles. The highest BCUT2D eigenvalue weighted by Gasteiger charge is 2.11. The van der Waals surface area contributed by atoms with Gasteiger partial charge in [0.25, 0.3) is 0 Å². The maximum atomic E-state index is 12.1. The molecule has 25 heavy (non-hydrogen) atoms. The molecule has 0 aliphatic heterocycles. The van der Waals surface area contributed by atoms with E-state index in [0.29, 0.717) is 18.3 Å². The van der Waals surface area contributed by atoms with Crippen LogP contribution in [0.25, 0.3) is 5.69 Å². The number of para-hydroxylation sites is 1. The van der Waals surface area contributed by atoms with Crippen molar-refractivity contribution < 1.29 is 4.79 Å². The number of benzene rings is 2. The Balaban J connectivity index is 1.55. The Morgan fingerprint density at radius 1 is 1.04 bits per heavy atom. The van der Waals surface area contributed by atoms with Gasteiger partial charge in [0.2, 0.25) is 0 Å². The molecule has 0 spiro atoms. The SMILES string of the molecule is CCC(CNC(=O)Nc1ccn(-c2ccccc2)n1)c1ccccc1. The molecule has 0 bridgehead atoms. The first-order valence-electron chi connectivity index (χ1n) is 8.47. The van der Waals surface area contributed by atoms with Crippen molar-refractivity contribution in [3.63, 3.8) is 0 Å². The monoisotopic (exact) mass is 334 g/mol. The van der Waals surface area contributed by atoms with Gasteiger partial charge in [-0.1, -0.05) is 55.5 Å². The number of hydrogen-bond donors (Lipinski definition) is 2. The molecule has 3 aromatic rings. The van der Waals surface area contributed by atoms with Crippen LogP contribution in [0.15, 0.2) is 72.9 Å². The number of nitrogens with zero attached hydrogens (tertiary/aromatic N) is 2. The molecule has 3 rings (SSSR count). The van der Waals surface area contributed by atoms with Crippen LogP contribution in [0.3, 0.4) is 0 Å². The van der Waals surface area contributed by atoms with Gasteiger partial charge < -0.3 is 5.32 Å². The molecule has 0 fully saturated rings. The zero-order chi connectivity index (χ0) is 17.5. The normalized spacial score (nSPS) is 11.7. The summed E-state index contributed by atoms with van der Waals surface area (Å²) in [6.45, 7) is 2.71. The van der Waals surface area contributed by atoms with Crippen molar-refractivity contribution in [1.82, 2.24) is 15.1 Å². The highest BCUT2D eigenvalue weighted by atomic mass is 16.2. The Morgan fingerprint density at radius 2 is 1.72 bits per heavy atom. The van der Waals surface area contributed by atoms with E-state index in [1.807, 2.05) is 54.7 Å². The quantitative estimate of drug-likeness (QED) is 0.710. The standard InChI is InChI=1S/C20H22N4O/c1-2-16(17-9-5-3-6-10-17)15-21-20(25)22-19-13-14-24(23-19)18-11-7-4-8-12-18/h3-14,16H,2,15H2,1H3,(H2,21,22,23,25). The molecule has 1 unspecified atom stereocenters. The maximum Gasteiger partial charge on any atom is 0.320 e. The third-order valence-electron chi connectivity index (χ3n) is 4.12. The predicted octanol–water partition coefficient (Wildman–Crippen LogP) is 4.19. The van der Waals surface area contributed by atoms with E-state index in [1.54, 1.807) is 10.7 Å². The Hall–Kier alpha value is -3.08. The Bertz CT molecular complexity index is 799. The van der Waals surface area contributed by atoms with Gasteiger partial charge in [-0.3, -0.25) is 5.32 Å². The summed E-state index contributed by atoms with van der Waals surface area (Å²) in [4.78, 5) is 12.1. The number of carbonyl (C=O) groups excluding carboxylic acids is 1. The zero-order valence-electron chi connectivity index (χ0n) is 14.2. The van der Waals surface area contributed by atoms with E-state index in [2.05, 4.69) is 34.8 Å². The zero-order valence-corrected chi connectivity index (χ0v) is 14.2. The van der Waals surface area contributed by atoms with Gasteiger partial charge >= 0.3 is 6.03 Å². The number of amides is 2. The van der Waals surface area contributed by atoms with Crippen molar-refractivity contribution in [2.24, 2.45) is 0 Å². The molecule has 0 aliphatic rings. The van der Waals surface area contributed by atoms with Crippen molar-refractivity contribution in [3.05, 3.63) is 78.5 Å². The molecule has 0 saturated carbocycles. The van der Waals surface area contributed by atoms with Crippen molar-refractivity contribution in [2.45, 2.75) is 19.3 Å². The lowest BCUT2D eigenvalue weighted by molar-refractivity contribution is 0.251. The predicted molar refractivity (Wildman–Crippen MR) is 100 cm³/mol. The second-order valence-electron chi connectivity index (χ2n) is 5.83. The van der Waals surface area contributed by atoms with Gasteiger partial charge in [0.05, 0.1) is 5.69 Å². The summed E-state index contributed by atoms with van der Waals surface area (Å²) >= 11 is 0. The first-order valence-corrected chi connectivity index (χ1v) is 8.47. The van der Waals surface area contributed by atoms with Crippen LogP contribution >= 0.6 is 0 Å². The van der Waals surface area contributed by atoms with Crippen LogP contribution in [0.2, 0.25) is 0 Å². The topological polar surface area (TPSA) is 59.0 Å². The molecule has 2 amide bonds. The summed E-state index contributed by atoms with van der Waals surface area (Å²) < 4.78 is 1.73. The Kier molecular flexibility index (Phi) is 5.46. The maximum absolute atomic E-state index is 12.1. The minimum absolute atomic E-state index is 0.243. The molecule has 0 radical (unpaired) electrons. The number of hydrogen-bond acceptors (Lipinski definition) is 2. The van der Waals surface area contributed by atoms with Crippen LogP contribution in [0.1, 0.15) is 24.8 Å². The Labute approximate surface area is 147 Å². The molecule has 1 aromatic heterocycles. The minimum atomic E-state index is -0.243. The van der Waals surface area contributed by atoms with Gasteiger partial charge in [0, 0.05) is 24.7 Å². The van der Waals surface area contributed by atoms with E-state index in [9.17, 15) is 4.79 Å². The van der Waals surface area contributed by atoms with E-state index in [-0.39, 0.29) is 6.03 Å². The smallest absolute Gasteiger partial charge is 0.320 e. The lowest BCUT2D eigenvalue weighted by atomic mass is 9.97. The summed E-state index contributed by atoms with van der Waals surface area (Å²) in [5.74, 6) is 0.822. The van der Waals surface area contributed by atoms with Gasteiger partial charge in [-0.05, 0) is 24.1 Å². The second kappa shape index (κ2) is 8.15. The first kappa shape index (κ1) is 16.8. The van der Waals surface area contributed by atoms with Gasteiger partial charge in [0.1, 0.15) is 0 Å². The number of anilines is 1. The van der Waals surface area contributed by atoms with E-state index in [0.717, 1.165) is 12.1 Å². The molecular formula is C20H22N4O. The first-order chi connectivity index (χ1) is 12.3. The highest BCUT2D eigenvalue weighted by Crippen LogP contribution is 2.18. The van der Waals surface area contributed by atoms with E-state index in [1.165, 1.54) is 5.56 Å². The lowest BCUT2D eigenvalue weighted by Crippen LogP contribution is -2.32. The van der Waals surface area contributed by atoms with Crippen LogP contribution in [-0.4, -0.2) is 22.4 Å². The van der Waals surface area contributed by atoms with Crippen LogP contribution in [0.4, 0.5) is 10.6 Å². The summed E-state index contributed by atoms with van der Waals surface area (Å²) in [6.07, 6.45) is 2.79. The average molecular weight is 334 g/mol. The fourth-order valence-corrected chi connectivity index (χ4v) is 2.71. The number of nitrogens with one attached hydrogen (secondary N) is 2. The number of urea groups is 1. The molecule has 5 heteroatoms. The summed E-state index contributed by atoms with van der Waals surface area (Å²) in [7, 11) is 0. The largest absolute Gasteiger partial charge is 0.337 e. The number of aromatic nitrogens is 2. The fraction of sp³-hybridized carbons (Fsp3) is 0.200. The van der Waals surface area contributed by atoms with Crippen molar-refractivity contribution in [3.8, 4) is 5.69 Å². The van der Waals surface area contributed by atoms with Crippen molar-refractivity contribution in [1.29, 1.82) is 0 Å². The van der Waals surface area contributed by atoms with Crippen LogP contribution in [0.5, 0.6) is 0 Å². The summed E-state index contributed by atoms with van der Waals surface area (Å²) in [5.41, 5.74) is 2.18. The van der Waals surface area contributed by atoms with Gasteiger partial charge in [0.15, 0.2) is 5.82 Å². The van der Waals surface area contributed by atoms with Crippen LogP contribution in [0, 0.1) is 0 Å². The van der Waals surface area contributed by atoms with E-state index >= 15 is 0 Å². The second-order valence-corrected chi connectivity index (χ2v) is 5.83. The van der Waals surface area contributed by atoms with Gasteiger partial charge in [-0.2, -0.15) is 0 Å². The average Bonchev–Trinajstić information content (AvgIpc) is 3.12. The third kappa shape index (κ3) is 4.47. The fourth-order valence-electron chi connectivity index (χ4n) is 2.71. The van der Waals surface area contributed by atoms with Gasteiger partial charge in [-0.25, -0.2) is 9.48 Å². The summed E-state index contributed by atoms with van der Waals surface area (Å²) in [6, 6.07) is 21.5. The minimum Gasteiger partial charge on any atom is -0.337 e. The molecule has 1 atom stereocenters. The van der Waals surface area contributed by atoms with E-state index in [4.69, 9.17) is 0 Å². The lowest BCUT2D eigenvalue weighted by Gasteiger charge is -2.16. The molecule has 2 N–H and O–H groups in total. The van der Waals surface area contributed by atoms with Crippen molar-refractivity contribution in [2.75, 3.05) is 11.9 Å². The third-order valence-corrected chi connectivity index (χ3v) is 4.12. The van der Waals surface area contributed by atoms with Crippen LogP contribution < -0.4 is 10.6 Å². The molecule has 0 saturated heterocycles. The van der Waals surface area contributed by atoms with Crippen LogP contribution in [-0.2, 0) is 0 Å². The Morgan fingerprint density at radius 3 is 2.40 bits per heavy atom. The van der Waals surface area contributed by atoms with Gasteiger partial charge in [-0.15, -0.1) is 5.10 Å². The van der Waals surface area contributed by atoms with E-state index < -0.39 is 0 Å². The van der Waals surface area contributed by atoms with Crippen molar-refractivity contribution >= 4 is 11.8 Å². The number of carbonyl (C=O) groups is 1. The highest BCUT2D eigenvalue weighted by molar-refractivity contribution is 5.88. The molecule has 128 valence electrons. The molecule has 1 heterocycles. The molecule has 2 aromatic carbocycles. The number of rotatable bonds is 6. The molecular weight excluding hydrogens is 312 g/mol.